The highest BCUT2D eigenvalue weighted by Crippen LogP contribution is 2.40. The molecule has 1 unspecified atom stereocenters. The summed E-state index contributed by atoms with van der Waals surface area (Å²) in [6, 6.07) is 8.00. The van der Waals surface area contributed by atoms with E-state index in [1.807, 2.05) is 18.2 Å². The molecule has 1 saturated carbocycles. The van der Waals surface area contributed by atoms with Crippen molar-refractivity contribution >= 4 is 42.3 Å². The Kier molecular flexibility index (Phi) is 9.52. The lowest BCUT2D eigenvalue weighted by Crippen LogP contribution is -2.56. The fourth-order valence-electron chi connectivity index (χ4n) is 5.07. The van der Waals surface area contributed by atoms with E-state index in [0.717, 1.165) is 69.4 Å². The molecular weight excluding hydrogens is 433 g/mol. The normalized spacial score (nSPS) is 24.4. The molecule has 164 valence electrons. The molecule has 1 aromatic carbocycles. The minimum atomic E-state index is 0. The van der Waals surface area contributed by atoms with Crippen LogP contribution in [-0.2, 0) is 9.53 Å². The lowest BCUT2D eigenvalue weighted by molar-refractivity contribution is -0.139. The highest BCUT2D eigenvalue weighted by molar-refractivity contribution is 6.30. The van der Waals surface area contributed by atoms with Crippen LogP contribution in [0.3, 0.4) is 0 Å². The number of carbonyl (C=O) groups excluding carboxylic acids is 1. The van der Waals surface area contributed by atoms with Crippen molar-refractivity contribution in [3.63, 3.8) is 0 Å². The molecule has 1 aliphatic carbocycles. The molecule has 0 bridgehead atoms. The zero-order valence-corrected chi connectivity index (χ0v) is 19.2. The zero-order chi connectivity index (χ0) is 18.7. The van der Waals surface area contributed by atoms with Gasteiger partial charge in [0.25, 0.3) is 0 Å². The first-order valence-corrected chi connectivity index (χ1v) is 10.6. The Balaban J connectivity index is 0.00000150. The molecule has 2 heterocycles. The molecule has 1 N–H and O–H groups in total. The van der Waals surface area contributed by atoms with Crippen LogP contribution in [0.2, 0.25) is 5.02 Å². The van der Waals surface area contributed by atoms with Gasteiger partial charge in [-0.3, -0.25) is 9.69 Å². The van der Waals surface area contributed by atoms with E-state index >= 15 is 0 Å². The van der Waals surface area contributed by atoms with E-state index in [2.05, 4.69) is 21.2 Å². The van der Waals surface area contributed by atoms with Crippen LogP contribution in [-0.4, -0.2) is 67.2 Å². The maximum absolute atomic E-state index is 13.5. The molecule has 0 aromatic heterocycles. The molecule has 2 aliphatic heterocycles. The molecule has 8 heteroatoms. The largest absolute Gasteiger partial charge is 0.379 e. The number of nitrogens with zero attached hydrogens (tertiary/aromatic N) is 2. The van der Waals surface area contributed by atoms with E-state index in [1.165, 1.54) is 12.8 Å². The van der Waals surface area contributed by atoms with Crippen molar-refractivity contribution < 1.29 is 9.53 Å². The molecule has 1 atom stereocenters. The molecule has 5 nitrogen and oxygen atoms in total. The highest BCUT2D eigenvalue weighted by atomic mass is 35.5. The van der Waals surface area contributed by atoms with Crippen molar-refractivity contribution in [1.82, 2.24) is 15.1 Å². The fraction of sp³-hybridized carbons (Fsp3) is 0.667. The summed E-state index contributed by atoms with van der Waals surface area (Å²) < 4.78 is 5.55. The van der Waals surface area contributed by atoms with E-state index in [1.54, 1.807) is 0 Å². The summed E-state index contributed by atoms with van der Waals surface area (Å²) in [4.78, 5) is 18.1. The summed E-state index contributed by atoms with van der Waals surface area (Å²) >= 11 is 6.21. The van der Waals surface area contributed by atoms with Gasteiger partial charge in [0.05, 0.1) is 19.3 Å². The number of nitrogens with one attached hydrogen (secondary N) is 1. The Morgan fingerprint density at radius 3 is 2.59 bits per heavy atom. The number of hydrogen-bond donors (Lipinski definition) is 1. The third kappa shape index (κ3) is 5.57. The van der Waals surface area contributed by atoms with Gasteiger partial charge in [-0.05, 0) is 30.5 Å². The second-order valence-corrected chi connectivity index (χ2v) is 8.51. The van der Waals surface area contributed by atoms with Gasteiger partial charge in [0.2, 0.25) is 5.91 Å². The molecule has 0 radical (unpaired) electrons. The maximum Gasteiger partial charge on any atom is 0.225 e. The van der Waals surface area contributed by atoms with Crippen molar-refractivity contribution in [1.29, 1.82) is 0 Å². The van der Waals surface area contributed by atoms with E-state index < -0.39 is 0 Å². The minimum absolute atomic E-state index is 0. The minimum Gasteiger partial charge on any atom is -0.379 e. The van der Waals surface area contributed by atoms with E-state index in [-0.39, 0.29) is 42.3 Å². The lowest BCUT2D eigenvalue weighted by atomic mass is 9.89. The van der Waals surface area contributed by atoms with Crippen molar-refractivity contribution in [2.75, 3.05) is 45.9 Å². The van der Waals surface area contributed by atoms with Crippen LogP contribution in [0.4, 0.5) is 0 Å². The summed E-state index contributed by atoms with van der Waals surface area (Å²) in [5.41, 5.74) is 1.15. The van der Waals surface area contributed by atoms with Crippen molar-refractivity contribution in [3.05, 3.63) is 34.9 Å². The summed E-state index contributed by atoms with van der Waals surface area (Å²) in [5, 5.41) is 4.17. The molecule has 1 aromatic rings. The fourth-order valence-corrected chi connectivity index (χ4v) is 5.27. The van der Waals surface area contributed by atoms with E-state index in [9.17, 15) is 4.79 Å². The topological polar surface area (TPSA) is 44.8 Å². The van der Waals surface area contributed by atoms with Gasteiger partial charge in [-0.25, -0.2) is 0 Å². The molecular formula is C21H32Cl3N3O2. The number of amides is 1. The lowest BCUT2D eigenvalue weighted by Gasteiger charge is -2.45. The Bertz CT molecular complexity index is 664. The first-order chi connectivity index (χ1) is 13.2. The summed E-state index contributed by atoms with van der Waals surface area (Å²) in [6.07, 6.45) is 5.34. The third-order valence-electron chi connectivity index (χ3n) is 6.49. The van der Waals surface area contributed by atoms with Crippen molar-refractivity contribution in [3.8, 4) is 0 Å². The van der Waals surface area contributed by atoms with Gasteiger partial charge in [-0.15, -0.1) is 24.8 Å². The van der Waals surface area contributed by atoms with E-state index in [4.69, 9.17) is 16.3 Å². The van der Waals surface area contributed by atoms with Crippen LogP contribution in [0.15, 0.2) is 24.3 Å². The average Bonchev–Trinajstić information content (AvgIpc) is 3.18. The molecule has 2 saturated heterocycles. The van der Waals surface area contributed by atoms with Crippen LogP contribution >= 0.6 is 36.4 Å². The first kappa shape index (κ1) is 24.7. The van der Waals surface area contributed by atoms with Crippen LogP contribution < -0.4 is 5.32 Å². The maximum atomic E-state index is 13.5. The smallest absolute Gasteiger partial charge is 0.225 e. The Hall–Kier alpha value is -0.560. The van der Waals surface area contributed by atoms with Gasteiger partial charge < -0.3 is 15.0 Å². The summed E-state index contributed by atoms with van der Waals surface area (Å²) in [6.45, 7) is 5.88. The van der Waals surface area contributed by atoms with Crippen LogP contribution in [0.1, 0.15) is 43.7 Å². The Labute approximate surface area is 191 Å². The van der Waals surface area contributed by atoms with Crippen LogP contribution in [0, 0.1) is 0 Å². The quantitative estimate of drug-likeness (QED) is 0.738. The number of piperazine rings is 1. The zero-order valence-electron chi connectivity index (χ0n) is 16.8. The summed E-state index contributed by atoms with van der Waals surface area (Å²) in [7, 11) is 0. The molecule has 29 heavy (non-hydrogen) atoms. The van der Waals surface area contributed by atoms with Gasteiger partial charge in [-0.1, -0.05) is 36.6 Å². The van der Waals surface area contributed by atoms with Crippen molar-refractivity contribution in [2.24, 2.45) is 0 Å². The second-order valence-electron chi connectivity index (χ2n) is 8.07. The van der Waals surface area contributed by atoms with Crippen molar-refractivity contribution in [2.45, 2.75) is 43.7 Å². The summed E-state index contributed by atoms with van der Waals surface area (Å²) in [5.74, 6) is 0.287. The predicted octanol–water partition coefficient (Wildman–Crippen LogP) is 3.69. The Morgan fingerprint density at radius 2 is 1.90 bits per heavy atom. The van der Waals surface area contributed by atoms with E-state index in [0.29, 0.717) is 6.42 Å². The second kappa shape index (κ2) is 11.2. The van der Waals surface area contributed by atoms with Gasteiger partial charge in [0.15, 0.2) is 0 Å². The first-order valence-electron chi connectivity index (χ1n) is 10.3. The van der Waals surface area contributed by atoms with Gasteiger partial charge >= 0.3 is 0 Å². The monoisotopic (exact) mass is 463 g/mol. The van der Waals surface area contributed by atoms with Gasteiger partial charge in [0, 0.05) is 49.7 Å². The number of rotatable bonds is 4. The number of halogens is 3. The number of benzene rings is 1. The number of carbonyl (C=O) groups is 1. The van der Waals surface area contributed by atoms with Gasteiger partial charge in [0.1, 0.15) is 0 Å². The SMILES string of the molecule is Cl.Cl.O=C(CC1(N2CCOCC2)CCCC1)N1CCNCC1c1cccc(Cl)c1. The molecule has 0 spiro atoms. The van der Waals surface area contributed by atoms with Crippen LogP contribution in [0.25, 0.3) is 0 Å². The number of hydrogen-bond acceptors (Lipinski definition) is 4. The number of ether oxygens (including phenoxy) is 1. The average molecular weight is 465 g/mol. The highest BCUT2D eigenvalue weighted by Gasteiger charge is 2.43. The van der Waals surface area contributed by atoms with Crippen LogP contribution in [0.5, 0.6) is 0 Å². The molecule has 1 amide bonds. The predicted molar refractivity (Wildman–Crippen MR) is 121 cm³/mol. The standard InChI is InChI=1S/C21H30ClN3O2.2ClH/c22-18-5-3-4-17(14-18)19-16-23-8-9-25(19)20(26)15-21(6-1-2-7-21)24-10-12-27-13-11-24;;/h3-5,14,19,23H,1-2,6-13,15-16H2;2*1H. The van der Waals surface area contributed by atoms with Gasteiger partial charge in [-0.2, -0.15) is 0 Å². The third-order valence-corrected chi connectivity index (χ3v) is 6.73. The number of morpholine rings is 1. The molecule has 4 rings (SSSR count). The molecule has 3 fully saturated rings. The Morgan fingerprint density at radius 1 is 1.17 bits per heavy atom. The molecule has 3 aliphatic rings.